The summed E-state index contributed by atoms with van der Waals surface area (Å²) in [5, 5.41) is 0.703. The van der Waals surface area contributed by atoms with E-state index in [1.54, 1.807) is 12.1 Å². The van der Waals surface area contributed by atoms with Crippen molar-refractivity contribution in [1.29, 1.82) is 0 Å². The van der Waals surface area contributed by atoms with Crippen LogP contribution in [0.4, 0.5) is 0 Å². The van der Waals surface area contributed by atoms with Gasteiger partial charge >= 0.3 is 0 Å². The van der Waals surface area contributed by atoms with Gasteiger partial charge in [0.25, 0.3) is 0 Å². The Morgan fingerprint density at radius 2 is 1.72 bits per heavy atom. The Morgan fingerprint density at radius 1 is 1.06 bits per heavy atom. The summed E-state index contributed by atoms with van der Waals surface area (Å²) in [6.45, 7) is 3.97. The van der Waals surface area contributed by atoms with Crippen molar-refractivity contribution >= 4 is 17.6 Å². The number of hydrogen-bond acceptors (Lipinski definition) is 4. The van der Waals surface area contributed by atoms with Gasteiger partial charge in [-0.05, 0) is 50.2 Å². The number of carbonyl (C=O) groups excluding carboxylic acids is 1. The van der Waals surface area contributed by atoms with Gasteiger partial charge in [-0.3, -0.25) is 4.79 Å². The molecule has 0 unspecified atom stereocenters. The fourth-order valence-corrected chi connectivity index (χ4v) is 2.12. The standard InChI is InChI=1S/C14H14O3S/c1-10(2)16-11-3-5-12(6-4-11)17-14-8-7-13(9-15)18-14/h3-10H,1-2H3. The van der Waals surface area contributed by atoms with Crippen molar-refractivity contribution in [2.75, 3.05) is 0 Å². The van der Waals surface area contributed by atoms with E-state index >= 15 is 0 Å². The van der Waals surface area contributed by atoms with Crippen LogP contribution in [0.15, 0.2) is 36.4 Å². The Kier molecular flexibility index (Phi) is 3.99. The minimum absolute atomic E-state index is 0.157. The molecule has 18 heavy (non-hydrogen) atoms. The zero-order valence-corrected chi connectivity index (χ0v) is 11.1. The fraction of sp³-hybridized carbons (Fsp3) is 0.214. The first-order valence-corrected chi connectivity index (χ1v) is 6.48. The van der Waals surface area contributed by atoms with Gasteiger partial charge in [-0.2, -0.15) is 0 Å². The van der Waals surface area contributed by atoms with Gasteiger partial charge in [0.2, 0.25) is 0 Å². The van der Waals surface area contributed by atoms with Crippen molar-refractivity contribution in [1.82, 2.24) is 0 Å². The molecule has 0 saturated carbocycles. The second-order valence-corrected chi connectivity index (χ2v) is 5.09. The number of ether oxygens (including phenoxy) is 2. The molecule has 1 heterocycles. The van der Waals surface area contributed by atoms with Gasteiger partial charge in [-0.1, -0.05) is 11.3 Å². The van der Waals surface area contributed by atoms with Crippen LogP contribution >= 0.6 is 11.3 Å². The molecular weight excluding hydrogens is 248 g/mol. The van der Waals surface area contributed by atoms with Crippen LogP contribution in [0.5, 0.6) is 16.6 Å². The first-order valence-electron chi connectivity index (χ1n) is 5.67. The summed E-state index contributed by atoms with van der Waals surface area (Å²) >= 11 is 1.32. The number of thiophene rings is 1. The number of aldehydes is 1. The van der Waals surface area contributed by atoms with E-state index in [0.29, 0.717) is 9.94 Å². The van der Waals surface area contributed by atoms with E-state index in [2.05, 4.69) is 0 Å². The predicted octanol–water partition coefficient (Wildman–Crippen LogP) is 4.14. The van der Waals surface area contributed by atoms with Crippen LogP contribution in [0.25, 0.3) is 0 Å². The lowest BCUT2D eigenvalue weighted by atomic mass is 10.3. The lowest BCUT2D eigenvalue weighted by Gasteiger charge is -2.10. The summed E-state index contributed by atoms with van der Waals surface area (Å²) in [4.78, 5) is 11.2. The smallest absolute Gasteiger partial charge is 0.181 e. The molecule has 4 heteroatoms. The van der Waals surface area contributed by atoms with Crippen molar-refractivity contribution in [3.63, 3.8) is 0 Å². The highest BCUT2D eigenvalue weighted by Crippen LogP contribution is 2.29. The zero-order chi connectivity index (χ0) is 13.0. The molecule has 0 aliphatic carbocycles. The quantitative estimate of drug-likeness (QED) is 0.760. The molecule has 94 valence electrons. The molecule has 1 aromatic carbocycles. The maximum atomic E-state index is 10.6. The maximum absolute atomic E-state index is 10.6. The number of carbonyl (C=O) groups is 1. The van der Waals surface area contributed by atoms with Gasteiger partial charge in [-0.25, -0.2) is 0 Å². The van der Waals surface area contributed by atoms with Gasteiger partial charge in [-0.15, -0.1) is 0 Å². The molecule has 2 rings (SSSR count). The molecule has 0 amide bonds. The third-order valence-corrected chi connectivity index (χ3v) is 3.02. The van der Waals surface area contributed by atoms with Crippen LogP contribution in [-0.2, 0) is 0 Å². The summed E-state index contributed by atoms with van der Waals surface area (Å²) in [6, 6.07) is 10.9. The van der Waals surface area contributed by atoms with Gasteiger partial charge < -0.3 is 9.47 Å². The molecule has 0 aliphatic rings. The van der Waals surface area contributed by atoms with E-state index in [1.165, 1.54) is 11.3 Å². The first-order chi connectivity index (χ1) is 8.67. The molecule has 0 atom stereocenters. The Hall–Kier alpha value is -1.81. The van der Waals surface area contributed by atoms with Gasteiger partial charge in [0.1, 0.15) is 11.5 Å². The number of rotatable bonds is 5. The summed E-state index contributed by atoms with van der Waals surface area (Å²) in [5.41, 5.74) is 0. The van der Waals surface area contributed by atoms with Crippen LogP contribution in [0.1, 0.15) is 23.5 Å². The SMILES string of the molecule is CC(C)Oc1ccc(Oc2ccc(C=O)s2)cc1. The van der Waals surface area contributed by atoms with E-state index in [1.807, 2.05) is 38.1 Å². The molecule has 0 N–H and O–H groups in total. The van der Waals surface area contributed by atoms with Crippen molar-refractivity contribution in [2.45, 2.75) is 20.0 Å². The van der Waals surface area contributed by atoms with Crippen LogP contribution < -0.4 is 9.47 Å². The Labute approximate surface area is 110 Å². The van der Waals surface area contributed by atoms with E-state index in [0.717, 1.165) is 17.8 Å². The monoisotopic (exact) mass is 262 g/mol. The van der Waals surface area contributed by atoms with Crippen molar-refractivity contribution in [2.24, 2.45) is 0 Å². The Morgan fingerprint density at radius 3 is 2.28 bits per heavy atom. The summed E-state index contributed by atoms with van der Waals surface area (Å²) in [7, 11) is 0. The Bertz CT molecular complexity index is 514. The molecular formula is C14H14O3S. The highest BCUT2D eigenvalue weighted by Gasteiger charge is 2.03. The van der Waals surface area contributed by atoms with Crippen LogP contribution in [0, 0.1) is 0 Å². The summed E-state index contributed by atoms with van der Waals surface area (Å²) < 4.78 is 11.2. The fourth-order valence-electron chi connectivity index (χ4n) is 1.43. The second kappa shape index (κ2) is 5.69. The van der Waals surface area contributed by atoms with Crippen molar-refractivity contribution < 1.29 is 14.3 Å². The normalized spacial score (nSPS) is 10.4. The molecule has 0 aliphatic heterocycles. The van der Waals surface area contributed by atoms with Gasteiger partial charge in [0.15, 0.2) is 11.3 Å². The topological polar surface area (TPSA) is 35.5 Å². The zero-order valence-electron chi connectivity index (χ0n) is 10.3. The maximum Gasteiger partial charge on any atom is 0.181 e. The third-order valence-electron chi connectivity index (χ3n) is 2.13. The van der Waals surface area contributed by atoms with E-state index in [9.17, 15) is 4.79 Å². The van der Waals surface area contributed by atoms with Crippen LogP contribution in [-0.4, -0.2) is 12.4 Å². The van der Waals surface area contributed by atoms with Crippen LogP contribution in [0.3, 0.4) is 0 Å². The lowest BCUT2D eigenvalue weighted by Crippen LogP contribution is -2.05. The van der Waals surface area contributed by atoms with Gasteiger partial charge in [0, 0.05) is 0 Å². The second-order valence-electron chi connectivity index (χ2n) is 4.01. The van der Waals surface area contributed by atoms with Crippen LogP contribution in [0.2, 0.25) is 0 Å². The first kappa shape index (κ1) is 12.6. The average Bonchev–Trinajstić information content (AvgIpc) is 2.79. The minimum atomic E-state index is 0.157. The highest BCUT2D eigenvalue weighted by atomic mass is 32.1. The summed E-state index contributed by atoms with van der Waals surface area (Å²) in [6.07, 6.45) is 0.973. The van der Waals surface area contributed by atoms with E-state index < -0.39 is 0 Å². The minimum Gasteiger partial charge on any atom is -0.491 e. The number of benzene rings is 1. The predicted molar refractivity (Wildman–Crippen MR) is 72.0 cm³/mol. The van der Waals surface area contributed by atoms with Crippen molar-refractivity contribution in [3.05, 3.63) is 41.3 Å². The molecule has 1 aromatic heterocycles. The van der Waals surface area contributed by atoms with Gasteiger partial charge in [0.05, 0.1) is 11.0 Å². The highest BCUT2D eigenvalue weighted by molar-refractivity contribution is 7.15. The average molecular weight is 262 g/mol. The van der Waals surface area contributed by atoms with E-state index in [4.69, 9.17) is 9.47 Å². The molecule has 0 spiro atoms. The largest absolute Gasteiger partial charge is 0.491 e. The molecule has 0 fully saturated rings. The molecule has 0 radical (unpaired) electrons. The Balaban J connectivity index is 2.03. The number of hydrogen-bond donors (Lipinski definition) is 0. The molecule has 3 nitrogen and oxygen atoms in total. The molecule has 0 saturated heterocycles. The lowest BCUT2D eigenvalue weighted by molar-refractivity contribution is 0.112. The van der Waals surface area contributed by atoms with E-state index in [-0.39, 0.29) is 6.10 Å². The third kappa shape index (κ3) is 3.34. The molecule has 0 bridgehead atoms. The van der Waals surface area contributed by atoms with Crippen molar-refractivity contribution in [3.8, 4) is 16.6 Å². The molecule has 2 aromatic rings. The summed E-state index contributed by atoms with van der Waals surface area (Å²) in [5.74, 6) is 1.54.